The molecule has 3 aromatic rings. The maximum Gasteiger partial charge on any atom is 0.337 e. The summed E-state index contributed by atoms with van der Waals surface area (Å²) in [5.41, 5.74) is 3.95. The summed E-state index contributed by atoms with van der Waals surface area (Å²) in [5, 5.41) is 0. The number of benzene rings is 3. The fraction of sp³-hybridized carbons (Fsp3) is 0.269. The molecule has 2 heterocycles. The molecule has 0 radical (unpaired) electrons. The molecule has 5 heteroatoms. The summed E-state index contributed by atoms with van der Waals surface area (Å²) in [7, 11) is 1.40. The predicted molar refractivity (Wildman–Crippen MR) is 121 cm³/mol. The normalized spacial score (nSPS) is 16.2. The van der Waals surface area contributed by atoms with Crippen molar-refractivity contribution in [2.24, 2.45) is 0 Å². The van der Waals surface area contributed by atoms with Gasteiger partial charge in [-0.25, -0.2) is 4.79 Å². The number of esters is 1. The maximum atomic E-state index is 12.0. The van der Waals surface area contributed by atoms with E-state index in [1.807, 2.05) is 30.3 Å². The number of nitrogens with zero attached hydrogens (tertiary/aromatic N) is 2. The van der Waals surface area contributed by atoms with E-state index < -0.39 is 0 Å². The maximum absolute atomic E-state index is 12.0. The summed E-state index contributed by atoms with van der Waals surface area (Å²) in [6, 6.07) is 24.7. The Hall–Kier alpha value is -3.31. The van der Waals surface area contributed by atoms with Crippen LogP contribution in [0.5, 0.6) is 11.5 Å². The smallest absolute Gasteiger partial charge is 0.337 e. The van der Waals surface area contributed by atoms with Crippen LogP contribution in [-0.4, -0.2) is 37.1 Å². The molecule has 5 nitrogen and oxygen atoms in total. The van der Waals surface area contributed by atoms with E-state index in [1.54, 1.807) is 6.07 Å². The van der Waals surface area contributed by atoms with Crippen LogP contribution in [0.25, 0.3) is 0 Å². The molecule has 0 aromatic heterocycles. The van der Waals surface area contributed by atoms with Crippen LogP contribution in [0, 0.1) is 0 Å². The topological polar surface area (TPSA) is 42.0 Å². The molecule has 0 spiro atoms. The van der Waals surface area contributed by atoms with Crippen molar-refractivity contribution in [3.63, 3.8) is 0 Å². The van der Waals surface area contributed by atoms with Gasteiger partial charge in [0.05, 0.1) is 24.0 Å². The highest BCUT2D eigenvalue weighted by atomic mass is 16.5. The second-order valence-electron chi connectivity index (χ2n) is 8.11. The van der Waals surface area contributed by atoms with E-state index in [1.165, 1.54) is 12.7 Å². The van der Waals surface area contributed by atoms with Crippen molar-refractivity contribution in [3.8, 4) is 11.5 Å². The van der Waals surface area contributed by atoms with Crippen LogP contribution in [0.15, 0.2) is 72.8 Å². The lowest BCUT2D eigenvalue weighted by Crippen LogP contribution is -2.43. The number of fused-ring (bicyclic) bond motifs is 2. The van der Waals surface area contributed by atoms with E-state index in [0.29, 0.717) is 17.4 Å². The third-order valence-corrected chi connectivity index (χ3v) is 6.16. The quantitative estimate of drug-likeness (QED) is 0.536. The molecular formula is C26H26N2O3. The Bertz CT molecular complexity index is 1080. The Balaban J connectivity index is 1.40. The summed E-state index contributed by atoms with van der Waals surface area (Å²) in [6.45, 7) is 3.09. The highest BCUT2D eigenvalue weighted by molar-refractivity contribution is 5.92. The molecule has 31 heavy (non-hydrogen) atoms. The van der Waals surface area contributed by atoms with Gasteiger partial charge in [0.1, 0.15) is 0 Å². The van der Waals surface area contributed by atoms with Crippen molar-refractivity contribution in [1.29, 1.82) is 0 Å². The van der Waals surface area contributed by atoms with E-state index in [9.17, 15) is 4.79 Å². The second-order valence-corrected chi connectivity index (χ2v) is 8.11. The average Bonchev–Trinajstić information content (AvgIpc) is 2.83. The fourth-order valence-electron chi connectivity index (χ4n) is 4.60. The molecular weight excluding hydrogens is 388 g/mol. The van der Waals surface area contributed by atoms with Crippen LogP contribution < -0.4 is 9.64 Å². The SMILES string of the molecule is COC(=O)c1ccc2c(c1)Oc1ccccc1N2C1CCN(Cc2ccccc2)CC1. The average molecular weight is 415 g/mol. The molecule has 5 rings (SSSR count). The van der Waals surface area contributed by atoms with Gasteiger partial charge in [0.25, 0.3) is 0 Å². The lowest BCUT2D eigenvalue weighted by atomic mass is 9.99. The number of carbonyl (C=O) groups excluding carboxylic acids is 1. The Kier molecular flexibility index (Phi) is 5.35. The number of para-hydroxylation sites is 2. The van der Waals surface area contributed by atoms with Crippen molar-refractivity contribution in [2.45, 2.75) is 25.4 Å². The number of anilines is 2. The number of piperidine rings is 1. The molecule has 158 valence electrons. The molecule has 0 saturated carbocycles. The van der Waals surface area contributed by atoms with Gasteiger partial charge in [0.2, 0.25) is 0 Å². The van der Waals surface area contributed by atoms with Crippen molar-refractivity contribution >= 4 is 17.3 Å². The summed E-state index contributed by atoms with van der Waals surface area (Å²) >= 11 is 0. The number of methoxy groups -OCH3 is 1. The first-order chi connectivity index (χ1) is 15.2. The first-order valence-electron chi connectivity index (χ1n) is 10.8. The lowest BCUT2D eigenvalue weighted by Gasteiger charge is -2.42. The van der Waals surface area contributed by atoms with Gasteiger partial charge >= 0.3 is 5.97 Å². The number of carbonyl (C=O) groups is 1. The Morgan fingerprint density at radius 3 is 2.42 bits per heavy atom. The predicted octanol–water partition coefficient (Wildman–Crippen LogP) is 5.38. The summed E-state index contributed by atoms with van der Waals surface area (Å²) in [6.07, 6.45) is 2.14. The zero-order valence-electron chi connectivity index (χ0n) is 17.7. The summed E-state index contributed by atoms with van der Waals surface area (Å²) < 4.78 is 11.1. The van der Waals surface area contributed by atoms with Crippen LogP contribution in [0.2, 0.25) is 0 Å². The number of hydrogen-bond acceptors (Lipinski definition) is 5. The number of hydrogen-bond donors (Lipinski definition) is 0. The Morgan fingerprint density at radius 1 is 0.935 bits per heavy atom. The number of ether oxygens (including phenoxy) is 2. The number of likely N-dealkylation sites (tertiary alicyclic amines) is 1. The standard InChI is InChI=1S/C26H26N2O3/c1-30-26(29)20-11-12-23-25(17-20)31-24-10-6-5-9-22(24)28(23)21-13-15-27(16-14-21)18-19-7-3-2-4-8-19/h2-12,17,21H,13-16,18H2,1H3. The molecule has 2 aliphatic rings. The van der Waals surface area contributed by atoms with Crippen LogP contribution >= 0.6 is 0 Å². The highest BCUT2D eigenvalue weighted by Gasteiger charge is 2.32. The molecule has 0 atom stereocenters. The molecule has 0 bridgehead atoms. The summed E-state index contributed by atoms with van der Waals surface area (Å²) in [5.74, 6) is 1.17. The van der Waals surface area contributed by atoms with Gasteiger partial charge in [-0.3, -0.25) is 4.90 Å². The monoisotopic (exact) mass is 414 g/mol. The zero-order chi connectivity index (χ0) is 21.2. The van der Waals surface area contributed by atoms with Gasteiger partial charge in [0.15, 0.2) is 11.5 Å². The minimum absolute atomic E-state index is 0.356. The van der Waals surface area contributed by atoms with Crippen molar-refractivity contribution < 1.29 is 14.3 Å². The fourth-order valence-corrected chi connectivity index (χ4v) is 4.60. The van der Waals surface area contributed by atoms with Gasteiger partial charge in [-0.15, -0.1) is 0 Å². The van der Waals surface area contributed by atoms with E-state index >= 15 is 0 Å². The lowest BCUT2D eigenvalue weighted by molar-refractivity contribution is 0.0600. The molecule has 2 aliphatic heterocycles. The van der Waals surface area contributed by atoms with Gasteiger partial charge < -0.3 is 14.4 Å². The van der Waals surface area contributed by atoms with Crippen molar-refractivity contribution in [3.05, 3.63) is 83.9 Å². The minimum atomic E-state index is -0.356. The molecule has 3 aromatic carbocycles. The van der Waals surface area contributed by atoms with Crippen LogP contribution in [0.1, 0.15) is 28.8 Å². The molecule has 0 N–H and O–H groups in total. The van der Waals surface area contributed by atoms with E-state index in [0.717, 1.165) is 49.6 Å². The summed E-state index contributed by atoms with van der Waals surface area (Å²) in [4.78, 5) is 16.9. The third kappa shape index (κ3) is 3.89. The zero-order valence-corrected chi connectivity index (χ0v) is 17.7. The molecule has 0 amide bonds. The van der Waals surface area contributed by atoms with Gasteiger partial charge in [-0.1, -0.05) is 42.5 Å². The third-order valence-electron chi connectivity index (χ3n) is 6.16. The first kappa shape index (κ1) is 19.6. The van der Waals surface area contributed by atoms with Crippen molar-refractivity contribution in [2.75, 3.05) is 25.1 Å². The molecule has 0 unspecified atom stereocenters. The van der Waals surface area contributed by atoms with Gasteiger partial charge in [0, 0.05) is 25.7 Å². The highest BCUT2D eigenvalue weighted by Crippen LogP contribution is 2.49. The first-order valence-corrected chi connectivity index (χ1v) is 10.8. The van der Waals surface area contributed by atoms with Crippen molar-refractivity contribution in [1.82, 2.24) is 4.90 Å². The Labute approximate surface area is 182 Å². The van der Waals surface area contributed by atoms with Gasteiger partial charge in [-0.2, -0.15) is 0 Å². The van der Waals surface area contributed by atoms with Gasteiger partial charge in [-0.05, 0) is 48.7 Å². The van der Waals surface area contributed by atoms with E-state index in [2.05, 4.69) is 46.2 Å². The molecule has 1 fully saturated rings. The largest absolute Gasteiger partial charge is 0.465 e. The molecule has 1 saturated heterocycles. The Morgan fingerprint density at radius 2 is 1.65 bits per heavy atom. The minimum Gasteiger partial charge on any atom is -0.465 e. The van der Waals surface area contributed by atoms with Crippen LogP contribution in [0.4, 0.5) is 11.4 Å². The van der Waals surface area contributed by atoms with E-state index in [-0.39, 0.29) is 5.97 Å². The van der Waals surface area contributed by atoms with Crippen LogP contribution in [0.3, 0.4) is 0 Å². The van der Waals surface area contributed by atoms with E-state index in [4.69, 9.17) is 9.47 Å². The second kappa shape index (κ2) is 8.44. The van der Waals surface area contributed by atoms with Crippen LogP contribution in [-0.2, 0) is 11.3 Å². The molecule has 0 aliphatic carbocycles. The number of rotatable bonds is 4.